The number of carbonyl (C=O) groups excluding carboxylic acids is 1. The van der Waals surface area contributed by atoms with Crippen LogP contribution in [0, 0.1) is 0 Å². The fourth-order valence-corrected chi connectivity index (χ4v) is 1.78. The van der Waals surface area contributed by atoms with Gasteiger partial charge in [-0.05, 0) is 13.5 Å². The number of nitrogens with zero attached hydrogens (tertiary/aromatic N) is 2. The first-order valence-electron chi connectivity index (χ1n) is 4.99. The van der Waals surface area contributed by atoms with Gasteiger partial charge in [-0.2, -0.15) is 0 Å². The Morgan fingerprint density at radius 1 is 1.67 bits per heavy atom. The Balaban J connectivity index is 2.23. The average Bonchev–Trinajstić information content (AvgIpc) is 2.75. The van der Waals surface area contributed by atoms with E-state index < -0.39 is 0 Å². The molecule has 0 saturated carbocycles. The summed E-state index contributed by atoms with van der Waals surface area (Å²) in [4.78, 5) is 17.5. The summed E-state index contributed by atoms with van der Waals surface area (Å²) in [5.41, 5.74) is 2.81. The van der Waals surface area contributed by atoms with Crippen LogP contribution in [0.2, 0.25) is 0 Å². The number of carbonyl (C=O) groups is 1. The number of rotatable bonds is 6. The normalized spacial score (nSPS) is 10.3. The molecule has 0 fully saturated rings. The zero-order chi connectivity index (χ0) is 11.1. The smallest absolute Gasteiger partial charge is 0.222 e. The van der Waals surface area contributed by atoms with Gasteiger partial charge in [0, 0.05) is 31.9 Å². The Morgan fingerprint density at radius 2 is 2.47 bits per heavy atom. The van der Waals surface area contributed by atoms with Crippen LogP contribution in [0.1, 0.15) is 12.1 Å². The van der Waals surface area contributed by atoms with Crippen LogP contribution in [-0.2, 0) is 11.2 Å². The summed E-state index contributed by atoms with van der Waals surface area (Å²) >= 11 is 1.57. The lowest BCUT2D eigenvalue weighted by Gasteiger charge is -2.16. The van der Waals surface area contributed by atoms with Crippen LogP contribution in [0.4, 0.5) is 0 Å². The molecule has 1 heterocycles. The van der Waals surface area contributed by atoms with Crippen molar-refractivity contribution < 1.29 is 4.79 Å². The van der Waals surface area contributed by atoms with E-state index in [2.05, 4.69) is 10.3 Å². The molecule has 0 aliphatic rings. The van der Waals surface area contributed by atoms with Gasteiger partial charge in [-0.1, -0.05) is 0 Å². The van der Waals surface area contributed by atoms with Gasteiger partial charge in [-0.3, -0.25) is 4.79 Å². The highest BCUT2D eigenvalue weighted by Crippen LogP contribution is 2.04. The predicted molar refractivity (Wildman–Crippen MR) is 62.0 cm³/mol. The predicted octanol–water partition coefficient (Wildman–Crippen LogP) is 0.753. The van der Waals surface area contributed by atoms with E-state index >= 15 is 0 Å². The van der Waals surface area contributed by atoms with Crippen LogP contribution in [0.25, 0.3) is 0 Å². The zero-order valence-corrected chi connectivity index (χ0v) is 10.0. The number of hydrogen-bond donors (Lipinski definition) is 1. The summed E-state index contributed by atoms with van der Waals surface area (Å²) in [6.45, 7) is 1.59. The van der Waals surface area contributed by atoms with Gasteiger partial charge in [-0.25, -0.2) is 4.98 Å². The lowest BCUT2D eigenvalue weighted by Crippen LogP contribution is -2.32. The summed E-state index contributed by atoms with van der Waals surface area (Å²) in [5, 5.41) is 5.01. The minimum atomic E-state index is 0.179. The molecule has 0 aliphatic carbocycles. The van der Waals surface area contributed by atoms with E-state index in [-0.39, 0.29) is 5.91 Å². The molecule has 0 aromatic carbocycles. The average molecular weight is 227 g/mol. The Bertz CT molecular complexity index is 287. The number of aryl methyl sites for hydroxylation is 1. The quantitative estimate of drug-likeness (QED) is 0.780. The molecule has 0 bridgehead atoms. The van der Waals surface area contributed by atoms with Crippen molar-refractivity contribution in [2.24, 2.45) is 0 Å². The summed E-state index contributed by atoms with van der Waals surface area (Å²) in [7, 11) is 3.72. The molecule has 0 radical (unpaired) electrons. The Morgan fingerprint density at radius 3 is 3.07 bits per heavy atom. The van der Waals surface area contributed by atoms with Crippen molar-refractivity contribution in [3.05, 3.63) is 16.6 Å². The lowest BCUT2D eigenvalue weighted by molar-refractivity contribution is -0.129. The largest absolute Gasteiger partial charge is 0.344 e. The molecule has 84 valence electrons. The second-order valence-electron chi connectivity index (χ2n) is 3.40. The first-order chi connectivity index (χ1) is 7.24. The van der Waals surface area contributed by atoms with Crippen LogP contribution >= 0.6 is 11.3 Å². The third-order valence-corrected chi connectivity index (χ3v) is 2.84. The van der Waals surface area contributed by atoms with E-state index in [4.69, 9.17) is 0 Å². The van der Waals surface area contributed by atoms with Gasteiger partial charge in [0.15, 0.2) is 0 Å². The molecule has 0 unspecified atom stereocenters. The number of thiazole rings is 1. The van der Waals surface area contributed by atoms with Gasteiger partial charge >= 0.3 is 0 Å². The van der Waals surface area contributed by atoms with E-state index in [1.165, 1.54) is 0 Å². The second-order valence-corrected chi connectivity index (χ2v) is 4.12. The Labute approximate surface area is 94.3 Å². The maximum Gasteiger partial charge on any atom is 0.222 e. The molecule has 1 N–H and O–H groups in total. The number of amides is 1. The van der Waals surface area contributed by atoms with Crippen molar-refractivity contribution in [2.75, 3.05) is 27.2 Å². The van der Waals surface area contributed by atoms with Gasteiger partial charge in [0.05, 0.1) is 11.2 Å². The van der Waals surface area contributed by atoms with Crippen molar-refractivity contribution in [1.82, 2.24) is 15.2 Å². The first-order valence-corrected chi connectivity index (χ1v) is 5.94. The van der Waals surface area contributed by atoms with Crippen LogP contribution < -0.4 is 5.32 Å². The first kappa shape index (κ1) is 12.1. The van der Waals surface area contributed by atoms with Crippen molar-refractivity contribution in [2.45, 2.75) is 12.8 Å². The second kappa shape index (κ2) is 6.53. The molecular formula is C10H17N3OS. The Hall–Kier alpha value is -0.940. The molecule has 4 nitrogen and oxygen atoms in total. The molecule has 1 aromatic heterocycles. The topological polar surface area (TPSA) is 45.2 Å². The SMILES string of the molecule is CNCCN(C)C(=O)CCc1cscn1. The van der Waals surface area contributed by atoms with E-state index in [0.717, 1.165) is 25.2 Å². The minimum absolute atomic E-state index is 0.179. The molecule has 0 aliphatic heterocycles. The lowest BCUT2D eigenvalue weighted by atomic mass is 10.2. The van der Waals surface area contributed by atoms with Crippen molar-refractivity contribution in [3.63, 3.8) is 0 Å². The summed E-state index contributed by atoms with van der Waals surface area (Å²) in [5.74, 6) is 0.179. The molecule has 1 rings (SSSR count). The van der Waals surface area contributed by atoms with Crippen molar-refractivity contribution in [1.29, 1.82) is 0 Å². The fraction of sp³-hybridized carbons (Fsp3) is 0.600. The highest BCUT2D eigenvalue weighted by Gasteiger charge is 2.08. The van der Waals surface area contributed by atoms with Crippen LogP contribution in [-0.4, -0.2) is 43.0 Å². The number of aromatic nitrogens is 1. The summed E-state index contributed by atoms with van der Waals surface area (Å²) in [6, 6.07) is 0. The fourth-order valence-electron chi connectivity index (χ4n) is 1.19. The van der Waals surface area contributed by atoms with Crippen LogP contribution in [0.3, 0.4) is 0 Å². The molecular weight excluding hydrogens is 210 g/mol. The van der Waals surface area contributed by atoms with Crippen molar-refractivity contribution >= 4 is 17.2 Å². The molecule has 1 amide bonds. The minimum Gasteiger partial charge on any atom is -0.344 e. The van der Waals surface area contributed by atoms with Crippen LogP contribution in [0.5, 0.6) is 0 Å². The molecule has 1 aromatic rings. The number of nitrogens with one attached hydrogen (secondary N) is 1. The summed E-state index contributed by atoms with van der Waals surface area (Å²) < 4.78 is 0. The third kappa shape index (κ3) is 4.40. The molecule has 0 spiro atoms. The number of likely N-dealkylation sites (N-methyl/N-ethyl adjacent to an activating group) is 2. The third-order valence-electron chi connectivity index (χ3n) is 2.20. The molecule has 0 atom stereocenters. The van der Waals surface area contributed by atoms with Crippen molar-refractivity contribution in [3.8, 4) is 0 Å². The Kier molecular flexibility index (Phi) is 5.28. The highest BCUT2D eigenvalue weighted by atomic mass is 32.1. The zero-order valence-electron chi connectivity index (χ0n) is 9.19. The molecule has 15 heavy (non-hydrogen) atoms. The highest BCUT2D eigenvalue weighted by molar-refractivity contribution is 7.07. The van der Waals surface area contributed by atoms with E-state index in [1.54, 1.807) is 21.7 Å². The molecule has 5 heteroatoms. The monoisotopic (exact) mass is 227 g/mol. The number of hydrogen-bond acceptors (Lipinski definition) is 4. The van der Waals surface area contributed by atoms with Crippen LogP contribution in [0.15, 0.2) is 10.9 Å². The van der Waals surface area contributed by atoms with Gasteiger partial charge in [-0.15, -0.1) is 11.3 Å². The van der Waals surface area contributed by atoms with Gasteiger partial charge < -0.3 is 10.2 Å². The van der Waals surface area contributed by atoms with Gasteiger partial charge in [0.2, 0.25) is 5.91 Å². The maximum atomic E-state index is 11.6. The van der Waals surface area contributed by atoms with Gasteiger partial charge in [0.25, 0.3) is 0 Å². The van der Waals surface area contributed by atoms with E-state index in [9.17, 15) is 4.79 Å². The molecule has 0 saturated heterocycles. The standard InChI is InChI=1S/C10H17N3OS/c1-11-5-6-13(2)10(14)4-3-9-7-15-8-12-9/h7-8,11H,3-6H2,1-2H3. The summed E-state index contributed by atoms with van der Waals surface area (Å²) in [6.07, 6.45) is 1.29. The maximum absolute atomic E-state index is 11.6. The van der Waals surface area contributed by atoms with E-state index in [1.807, 2.05) is 19.5 Å². The van der Waals surface area contributed by atoms with E-state index in [0.29, 0.717) is 6.42 Å². The van der Waals surface area contributed by atoms with Gasteiger partial charge in [0.1, 0.15) is 0 Å².